The highest BCUT2D eigenvalue weighted by Gasteiger charge is 2.32. The van der Waals surface area contributed by atoms with E-state index >= 15 is 0 Å². The quantitative estimate of drug-likeness (QED) is 0.637. The molecule has 0 aromatic carbocycles. The van der Waals surface area contributed by atoms with Crippen LogP contribution in [0.5, 0.6) is 0 Å². The molecule has 5 heteroatoms. The van der Waals surface area contributed by atoms with Crippen molar-refractivity contribution in [3.05, 3.63) is 43.7 Å². The molecule has 0 unspecified atom stereocenters. The minimum atomic E-state index is 0.165. The van der Waals surface area contributed by atoms with Crippen molar-refractivity contribution in [2.75, 3.05) is 13.1 Å². The Balaban J connectivity index is 1.92. The van der Waals surface area contributed by atoms with Crippen LogP contribution in [0.15, 0.2) is 29.6 Å². The van der Waals surface area contributed by atoms with Crippen LogP contribution in [-0.2, 0) is 4.79 Å². The summed E-state index contributed by atoms with van der Waals surface area (Å²) in [5.41, 5.74) is 1.99. The van der Waals surface area contributed by atoms with Gasteiger partial charge in [0.2, 0.25) is 0 Å². The van der Waals surface area contributed by atoms with Crippen molar-refractivity contribution in [3.63, 3.8) is 0 Å². The number of nitrogens with zero attached hydrogens (tertiary/aromatic N) is 1. The maximum Gasteiger partial charge on any atom is 0.255 e. The Morgan fingerprint density at radius 1 is 1.23 bits per heavy atom. The van der Waals surface area contributed by atoms with Gasteiger partial charge in [0.15, 0.2) is 0 Å². The number of hydrogen-bond donors (Lipinski definition) is 0. The first-order chi connectivity index (χ1) is 10.7. The summed E-state index contributed by atoms with van der Waals surface area (Å²) in [6.07, 6.45) is 3.40. The van der Waals surface area contributed by atoms with Crippen LogP contribution in [0.25, 0.3) is 11.1 Å². The molecule has 116 valence electrons. The molecular formula is C17H18ClNOS2. The maximum absolute atomic E-state index is 12.8. The van der Waals surface area contributed by atoms with Gasteiger partial charge in [-0.15, -0.1) is 22.7 Å². The molecule has 0 atom stereocenters. The lowest BCUT2D eigenvalue weighted by atomic mass is 10.1. The first-order valence-corrected chi connectivity index (χ1v) is 9.60. The lowest BCUT2D eigenvalue weighted by Gasteiger charge is -2.16. The molecule has 2 aromatic heterocycles. The van der Waals surface area contributed by atoms with E-state index in [1.54, 1.807) is 22.7 Å². The van der Waals surface area contributed by atoms with Crippen molar-refractivity contribution in [2.24, 2.45) is 0 Å². The van der Waals surface area contributed by atoms with Gasteiger partial charge < -0.3 is 4.90 Å². The molecule has 1 aliphatic rings. The molecule has 0 aliphatic carbocycles. The molecule has 0 radical (unpaired) electrons. The third-order valence-corrected chi connectivity index (χ3v) is 6.00. The van der Waals surface area contributed by atoms with E-state index in [1.165, 1.54) is 6.42 Å². The molecule has 22 heavy (non-hydrogen) atoms. The minimum Gasteiger partial charge on any atom is -0.334 e. The summed E-state index contributed by atoms with van der Waals surface area (Å²) in [4.78, 5) is 17.0. The van der Waals surface area contributed by atoms with Crippen LogP contribution >= 0.6 is 34.3 Å². The third kappa shape index (κ3) is 3.14. The van der Waals surface area contributed by atoms with E-state index in [-0.39, 0.29) is 5.91 Å². The fourth-order valence-electron chi connectivity index (χ4n) is 2.71. The van der Waals surface area contributed by atoms with Crippen molar-refractivity contribution < 1.29 is 4.79 Å². The molecule has 0 N–H and O–H groups in total. The molecule has 3 rings (SSSR count). The predicted octanol–water partition coefficient (Wildman–Crippen LogP) is 5.41. The number of amides is 1. The molecule has 2 aromatic rings. The maximum atomic E-state index is 12.8. The van der Waals surface area contributed by atoms with Gasteiger partial charge in [-0.3, -0.25) is 4.79 Å². The predicted molar refractivity (Wildman–Crippen MR) is 96.6 cm³/mol. The molecule has 0 spiro atoms. The van der Waals surface area contributed by atoms with Crippen molar-refractivity contribution in [3.8, 4) is 0 Å². The summed E-state index contributed by atoms with van der Waals surface area (Å²) in [5, 5.41) is 2.02. The van der Waals surface area contributed by atoms with E-state index in [1.807, 2.05) is 34.5 Å². The van der Waals surface area contributed by atoms with Gasteiger partial charge in [-0.05, 0) is 30.0 Å². The van der Waals surface area contributed by atoms with Crippen LogP contribution in [0.1, 0.15) is 35.9 Å². The van der Waals surface area contributed by atoms with E-state index in [4.69, 9.17) is 11.6 Å². The smallest absolute Gasteiger partial charge is 0.255 e. The van der Waals surface area contributed by atoms with Crippen molar-refractivity contribution in [2.45, 2.75) is 26.2 Å². The molecule has 1 amide bonds. The normalized spacial score (nSPS) is 15.2. The van der Waals surface area contributed by atoms with Gasteiger partial charge in [0.05, 0.1) is 9.91 Å². The van der Waals surface area contributed by atoms with E-state index in [0.29, 0.717) is 6.54 Å². The summed E-state index contributed by atoms with van der Waals surface area (Å²) in [6, 6.07) is 7.96. The zero-order valence-electron chi connectivity index (χ0n) is 12.5. The Morgan fingerprint density at radius 3 is 2.73 bits per heavy atom. The second-order valence-corrected chi connectivity index (χ2v) is 8.03. The highest BCUT2D eigenvalue weighted by Crippen LogP contribution is 2.39. The Morgan fingerprint density at radius 2 is 2.09 bits per heavy atom. The van der Waals surface area contributed by atoms with Crippen LogP contribution in [-0.4, -0.2) is 23.9 Å². The van der Waals surface area contributed by atoms with E-state index in [0.717, 1.165) is 44.6 Å². The largest absolute Gasteiger partial charge is 0.334 e. The number of hydrogen-bond acceptors (Lipinski definition) is 3. The molecule has 0 fully saturated rings. The molecule has 2 nitrogen and oxygen atoms in total. The van der Waals surface area contributed by atoms with E-state index in [9.17, 15) is 4.79 Å². The van der Waals surface area contributed by atoms with Gasteiger partial charge in [-0.2, -0.15) is 0 Å². The van der Waals surface area contributed by atoms with Crippen LogP contribution in [0, 0.1) is 0 Å². The Bertz CT molecular complexity index is 687. The first-order valence-electron chi connectivity index (χ1n) is 7.52. The van der Waals surface area contributed by atoms with Crippen LogP contribution in [0.3, 0.4) is 0 Å². The SMILES string of the molecule is CCCCCN1CC(c2ccc(Cl)s2)=C(c2cccs2)C1=O. The zero-order valence-corrected chi connectivity index (χ0v) is 14.9. The highest BCUT2D eigenvalue weighted by molar-refractivity contribution is 7.17. The Labute approximate surface area is 144 Å². The zero-order chi connectivity index (χ0) is 15.5. The Kier molecular flexibility index (Phi) is 5.01. The van der Waals surface area contributed by atoms with Gasteiger partial charge in [0.1, 0.15) is 0 Å². The lowest BCUT2D eigenvalue weighted by Crippen LogP contribution is -2.27. The third-order valence-electron chi connectivity index (χ3n) is 3.82. The van der Waals surface area contributed by atoms with Gasteiger partial charge in [0.25, 0.3) is 5.91 Å². The standard InChI is InChI=1S/C17H18ClNOS2/c1-2-3-4-9-19-11-12(13-7-8-15(18)22-13)16(17(19)20)14-6-5-10-21-14/h5-8,10H,2-4,9,11H2,1H3. The average Bonchev–Trinajstić information content (AvgIpc) is 3.20. The number of unbranched alkanes of at least 4 members (excludes halogenated alkanes) is 2. The number of rotatable bonds is 6. The summed E-state index contributed by atoms with van der Waals surface area (Å²) >= 11 is 9.26. The molecule has 3 heterocycles. The molecule has 0 saturated carbocycles. The molecule has 0 saturated heterocycles. The van der Waals surface area contributed by atoms with Crippen molar-refractivity contribution in [1.29, 1.82) is 0 Å². The van der Waals surface area contributed by atoms with Gasteiger partial charge in [0, 0.05) is 28.4 Å². The Hall–Kier alpha value is -1.10. The highest BCUT2D eigenvalue weighted by atomic mass is 35.5. The lowest BCUT2D eigenvalue weighted by molar-refractivity contribution is -0.123. The summed E-state index contributed by atoms with van der Waals surface area (Å²) in [5.74, 6) is 0.165. The van der Waals surface area contributed by atoms with Crippen LogP contribution in [0.2, 0.25) is 4.34 Å². The topological polar surface area (TPSA) is 20.3 Å². The fourth-order valence-corrected chi connectivity index (χ4v) is 4.59. The van der Waals surface area contributed by atoms with Gasteiger partial charge in [-0.1, -0.05) is 37.4 Å². The van der Waals surface area contributed by atoms with Crippen LogP contribution < -0.4 is 0 Å². The number of thiophene rings is 2. The monoisotopic (exact) mass is 351 g/mol. The second-order valence-electron chi connectivity index (χ2n) is 5.37. The fraction of sp³-hybridized carbons (Fsp3) is 0.353. The van der Waals surface area contributed by atoms with E-state index in [2.05, 4.69) is 6.92 Å². The summed E-state index contributed by atoms with van der Waals surface area (Å²) in [6.45, 7) is 3.72. The van der Waals surface area contributed by atoms with Crippen molar-refractivity contribution >= 4 is 51.3 Å². The van der Waals surface area contributed by atoms with Crippen LogP contribution in [0.4, 0.5) is 0 Å². The molecule has 1 aliphatic heterocycles. The number of carbonyl (C=O) groups is 1. The summed E-state index contributed by atoms with van der Waals surface area (Å²) < 4.78 is 0.768. The molecule has 0 bridgehead atoms. The second kappa shape index (κ2) is 6.99. The average molecular weight is 352 g/mol. The van der Waals surface area contributed by atoms with Gasteiger partial charge >= 0.3 is 0 Å². The minimum absolute atomic E-state index is 0.165. The number of carbonyl (C=O) groups excluding carboxylic acids is 1. The molecular weight excluding hydrogens is 334 g/mol. The first kappa shape index (κ1) is 15.8. The van der Waals surface area contributed by atoms with Crippen molar-refractivity contribution in [1.82, 2.24) is 4.90 Å². The van der Waals surface area contributed by atoms with Gasteiger partial charge in [-0.25, -0.2) is 0 Å². The number of halogens is 1. The summed E-state index contributed by atoms with van der Waals surface area (Å²) in [7, 11) is 0. The van der Waals surface area contributed by atoms with E-state index < -0.39 is 0 Å².